The summed E-state index contributed by atoms with van der Waals surface area (Å²) in [6, 6.07) is 8.51. The predicted molar refractivity (Wildman–Crippen MR) is 126 cm³/mol. The number of rotatable bonds is 8. The smallest absolute Gasteiger partial charge is 0.308 e. The van der Waals surface area contributed by atoms with Crippen molar-refractivity contribution >= 4 is 35.9 Å². The van der Waals surface area contributed by atoms with E-state index in [1.54, 1.807) is 7.05 Å². The highest BCUT2D eigenvalue weighted by atomic mass is 127. The van der Waals surface area contributed by atoms with E-state index in [0.29, 0.717) is 19.2 Å². The Kier molecular flexibility index (Phi) is 10.0. The molecule has 0 unspecified atom stereocenters. The van der Waals surface area contributed by atoms with Crippen LogP contribution in [0.2, 0.25) is 0 Å². The van der Waals surface area contributed by atoms with Crippen LogP contribution in [-0.2, 0) is 16.1 Å². The Morgan fingerprint density at radius 2 is 1.86 bits per heavy atom. The molecule has 0 atom stereocenters. The molecule has 0 spiro atoms. The summed E-state index contributed by atoms with van der Waals surface area (Å²) in [6.07, 6.45) is 6.21. The number of hydrogen-bond acceptors (Lipinski definition) is 4. The molecule has 0 radical (unpaired) electrons. The van der Waals surface area contributed by atoms with E-state index in [0.717, 1.165) is 55.5 Å². The fourth-order valence-electron chi connectivity index (χ4n) is 3.58. The second-order valence-electron chi connectivity index (χ2n) is 7.73. The SMILES string of the molecule is CCOC(=O)C1CCC(NC(=NC)NCc2ccccc2OCC2CC2)CC1.I. The molecule has 2 N–H and O–H groups in total. The number of carbonyl (C=O) groups is 1. The van der Waals surface area contributed by atoms with Crippen LogP contribution in [0, 0.1) is 11.8 Å². The number of guanidine groups is 1. The van der Waals surface area contributed by atoms with Crippen LogP contribution < -0.4 is 15.4 Å². The van der Waals surface area contributed by atoms with Gasteiger partial charge in [-0.2, -0.15) is 0 Å². The molecule has 6 nitrogen and oxygen atoms in total. The third-order valence-electron chi connectivity index (χ3n) is 5.50. The second-order valence-corrected chi connectivity index (χ2v) is 7.73. The lowest BCUT2D eigenvalue weighted by Gasteiger charge is -2.29. The highest BCUT2D eigenvalue weighted by Gasteiger charge is 2.27. The van der Waals surface area contributed by atoms with E-state index in [4.69, 9.17) is 9.47 Å². The molecule has 2 aliphatic carbocycles. The predicted octanol–water partition coefficient (Wildman–Crippen LogP) is 3.88. The summed E-state index contributed by atoms with van der Waals surface area (Å²) in [7, 11) is 1.79. The molecule has 0 amide bonds. The summed E-state index contributed by atoms with van der Waals surface area (Å²) in [5, 5.41) is 6.89. The Bertz CT molecular complexity index is 671. The Balaban J connectivity index is 0.00000300. The molecule has 1 aromatic rings. The molecular weight excluding hydrogens is 481 g/mol. The van der Waals surface area contributed by atoms with E-state index in [-0.39, 0.29) is 35.9 Å². The first-order valence-electron chi connectivity index (χ1n) is 10.5. The molecule has 1 aromatic carbocycles. The molecule has 2 aliphatic rings. The fraction of sp³-hybridized carbons (Fsp3) is 0.636. The summed E-state index contributed by atoms with van der Waals surface area (Å²) < 4.78 is 11.1. The number of esters is 1. The average Bonchev–Trinajstić information content (AvgIpc) is 3.55. The third kappa shape index (κ3) is 7.68. The number of aliphatic imine (C=N–C) groups is 1. The number of nitrogens with zero attached hydrogens (tertiary/aromatic N) is 1. The van der Waals surface area contributed by atoms with Crippen molar-refractivity contribution in [3.63, 3.8) is 0 Å². The fourth-order valence-corrected chi connectivity index (χ4v) is 3.58. The van der Waals surface area contributed by atoms with Crippen LogP contribution in [0.25, 0.3) is 0 Å². The molecule has 7 heteroatoms. The van der Waals surface area contributed by atoms with E-state index in [9.17, 15) is 4.79 Å². The minimum atomic E-state index is -0.0498. The van der Waals surface area contributed by atoms with Gasteiger partial charge in [-0.15, -0.1) is 24.0 Å². The van der Waals surface area contributed by atoms with E-state index < -0.39 is 0 Å². The minimum absolute atomic E-state index is 0. The second kappa shape index (κ2) is 12.2. The van der Waals surface area contributed by atoms with Gasteiger partial charge in [-0.1, -0.05) is 18.2 Å². The van der Waals surface area contributed by atoms with Crippen molar-refractivity contribution in [1.29, 1.82) is 0 Å². The Morgan fingerprint density at radius 3 is 2.52 bits per heavy atom. The maximum Gasteiger partial charge on any atom is 0.308 e. The van der Waals surface area contributed by atoms with Crippen molar-refractivity contribution in [2.24, 2.45) is 16.8 Å². The van der Waals surface area contributed by atoms with E-state index in [1.807, 2.05) is 25.1 Å². The number of hydrogen-bond donors (Lipinski definition) is 2. The Morgan fingerprint density at radius 1 is 1.14 bits per heavy atom. The van der Waals surface area contributed by atoms with Crippen LogP contribution in [0.4, 0.5) is 0 Å². The molecule has 2 saturated carbocycles. The summed E-state index contributed by atoms with van der Waals surface area (Å²) in [6.45, 7) is 3.79. The number of para-hydroxylation sites is 1. The van der Waals surface area contributed by atoms with Crippen LogP contribution in [0.5, 0.6) is 5.75 Å². The van der Waals surface area contributed by atoms with Gasteiger partial charge in [0.25, 0.3) is 0 Å². The number of halogens is 1. The normalized spacial score (nSPS) is 21.7. The summed E-state index contributed by atoms with van der Waals surface area (Å²) in [5.74, 6) is 2.47. The van der Waals surface area contributed by atoms with Crippen molar-refractivity contribution < 1.29 is 14.3 Å². The van der Waals surface area contributed by atoms with Crippen LogP contribution in [0.15, 0.2) is 29.3 Å². The van der Waals surface area contributed by atoms with Gasteiger partial charge < -0.3 is 20.1 Å². The topological polar surface area (TPSA) is 72.0 Å². The van der Waals surface area contributed by atoms with Crippen molar-refractivity contribution in [3.05, 3.63) is 29.8 Å². The number of ether oxygens (including phenoxy) is 2. The first-order chi connectivity index (χ1) is 13.7. The lowest BCUT2D eigenvalue weighted by Crippen LogP contribution is -2.45. The summed E-state index contributed by atoms with van der Waals surface area (Å²) in [4.78, 5) is 16.2. The lowest BCUT2D eigenvalue weighted by atomic mass is 9.86. The molecule has 0 aromatic heterocycles. The zero-order valence-corrected chi connectivity index (χ0v) is 19.8. The van der Waals surface area contributed by atoms with Gasteiger partial charge >= 0.3 is 5.97 Å². The zero-order valence-electron chi connectivity index (χ0n) is 17.5. The summed E-state index contributed by atoms with van der Waals surface area (Å²) in [5.41, 5.74) is 1.14. The van der Waals surface area contributed by atoms with Gasteiger partial charge in [0, 0.05) is 25.2 Å². The van der Waals surface area contributed by atoms with Gasteiger partial charge in [-0.3, -0.25) is 9.79 Å². The first kappa shape index (κ1) is 23.8. The van der Waals surface area contributed by atoms with E-state index >= 15 is 0 Å². The molecule has 162 valence electrons. The maximum atomic E-state index is 11.9. The van der Waals surface area contributed by atoms with Gasteiger partial charge in [-0.25, -0.2) is 0 Å². The molecule has 0 heterocycles. The minimum Gasteiger partial charge on any atom is -0.493 e. The van der Waals surface area contributed by atoms with Gasteiger partial charge in [-0.05, 0) is 57.4 Å². The van der Waals surface area contributed by atoms with Crippen molar-refractivity contribution in [2.45, 2.75) is 58.0 Å². The molecule has 0 aliphatic heterocycles. The van der Waals surface area contributed by atoms with Crippen molar-refractivity contribution in [3.8, 4) is 5.75 Å². The molecule has 0 bridgehead atoms. The molecule has 3 rings (SSSR count). The van der Waals surface area contributed by atoms with E-state index in [2.05, 4.69) is 21.7 Å². The van der Waals surface area contributed by atoms with Gasteiger partial charge in [0.15, 0.2) is 5.96 Å². The number of benzene rings is 1. The van der Waals surface area contributed by atoms with E-state index in [1.165, 1.54) is 12.8 Å². The van der Waals surface area contributed by atoms with Crippen LogP contribution in [-0.4, -0.2) is 38.2 Å². The van der Waals surface area contributed by atoms with Crippen LogP contribution >= 0.6 is 24.0 Å². The third-order valence-corrected chi connectivity index (χ3v) is 5.50. The quantitative estimate of drug-likeness (QED) is 0.238. The van der Waals surface area contributed by atoms with Gasteiger partial charge in [0.2, 0.25) is 0 Å². The maximum absolute atomic E-state index is 11.9. The van der Waals surface area contributed by atoms with Crippen LogP contribution in [0.1, 0.15) is 51.0 Å². The van der Waals surface area contributed by atoms with Gasteiger partial charge in [0.1, 0.15) is 5.75 Å². The molecule has 2 fully saturated rings. The first-order valence-corrected chi connectivity index (χ1v) is 10.5. The molecule has 29 heavy (non-hydrogen) atoms. The van der Waals surface area contributed by atoms with Crippen molar-refractivity contribution in [2.75, 3.05) is 20.3 Å². The monoisotopic (exact) mass is 515 g/mol. The highest BCUT2D eigenvalue weighted by Crippen LogP contribution is 2.30. The largest absolute Gasteiger partial charge is 0.493 e. The summed E-state index contributed by atoms with van der Waals surface area (Å²) >= 11 is 0. The Hall–Kier alpha value is -1.51. The standard InChI is InChI=1S/C22H33N3O3.HI/c1-3-27-21(26)17-10-12-19(13-11-17)25-22(23-2)24-14-18-6-4-5-7-20(18)28-15-16-8-9-16;/h4-7,16-17,19H,3,8-15H2,1-2H3,(H2,23,24,25);1H. The highest BCUT2D eigenvalue weighted by molar-refractivity contribution is 14.0. The lowest BCUT2D eigenvalue weighted by molar-refractivity contribution is -0.149. The Labute approximate surface area is 191 Å². The average molecular weight is 515 g/mol. The van der Waals surface area contributed by atoms with Gasteiger partial charge in [0.05, 0.1) is 19.1 Å². The molecule has 0 saturated heterocycles. The van der Waals surface area contributed by atoms with Crippen LogP contribution in [0.3, 0.4) is 0 Å². The molecular formula is C22H34IN3O3. The number of carbonyl (C=O) groups excluding carboxylic acids is 1. The van der Waals surface area contributed by atoms with Crippen molar-refractivity contribution in [1.82, 2.24) is 10.6 Å². The number of nitrogens with one attached hydrogen (secondary N) is 2. The zero-order chi connectivity index (χ0) is 19.8.